The molecule has 1 heterocycles. The Bertz CT molecular complexity index is 1370. The summed E-state index contributed by atoms with van der Waals surface area (Å²) in [6.07, 6.45) is 3.97. The summed E-state index contributed by atoms with van der Waals surface area (Å²) in [6, 6.07) is 18.7. The van der Waals surface area contributed by atoms with Crippen molar-refractivity contribution in [2.45, 2.75) is 13.3 Å². The van der Waals surface area contributed by atoms with Crippen molar-refractivity contribution in [2.24, 2.45) is 0 Å². The van der Waals surface area contributed by atoms with E-state index < -0.39 is 0 Å². The number of carbonyl (C=O) groups is 1. The third kappa shape index (κ3) is 5.05. The molecule has 0 aliphatic carbocycles. The summed E-state index contributed by atoms with van der Waals surface area (Å²) in [5.41, 5.74) is 8.53. The minimum absolute atomic E-state index is 0.157. The Labute approximate surface area is 201 Å². The molecule has 0 fully saturated rings. The highest BCUT2D eigenvalue weighted by atomic mass is 35.5. The van der Waals surface area contributed by atoms with Crippen LogP contribution in [0.25, 0.3) is 27.4 Å². The molecule has 0 saturated heterocycles. The van der Waals surface area contributed by atoms with E-state index >= 15 is 0 Å². The topological polar surface area (TPSA) is 42.0 Å². The maximum atomic E-state index is 13.8. The van der Waals surface area contributed by atoms with E-state index in [4.69, 9.17) is 11.6 Å². The summed E-state index contributed by atoms with van der Waals surface area (Å²) in [4.78, 5) is 16.0. The summed E-state index contributed by atoms with van der Waals surface area (Å²) in [5, 5.41) is 2.95. The summed E-state index contributed by atoms with van der Waals surface area (Å²) < 4.78 is 14.9. The number of likely N-dealkylation sites (N-methyl/N-ethyl adjacent to an activating group) is 1. The average molecular weight is 477 g/mol. The number of allylic oxidation sites excluding steroid dienone is 1. The molecule has 0 aliphatic rings. The summed E-state index contributed by atoms with van der Waals surface area (Å²) in [5.74, 6) is -0.521. The molecule has 1 amide bonds. The molecule has 0 spiro atoms. The predicted molar refractivity (Wildman–Crippen MR) is 137 cm³/mol. The Morgan fingerprint density at radius 1 is 1.09 bits per heavy atom. The van der Waals surface area contributed by atoms with Crippen molar-refractivity contribution in [1.82, 2.24) is 10.3 Å². The zero-order chi connectivity index (χ0) is 23.4. The SMILES string of the molecule is CCC(=C(c1ccc(C=CC(=O)NC)cc1)c1ccc2scnc2c1)c1ccc(F)cc1Cl. The smallest absolute Gasteiger partial charge is 0.243 e. The fourth-order valence-electron chi connectivity index (χ4n) is 3.78. The van der Waals surface area contributed by atoms with Crippen LogP contribution in [0.4, 0.5) is 4.39 Å². The largest absolute Gasteiger partial charge is 0.356 e. The highest BCUT2D eigenvalue weighted by Gasteiger charge is 2.16. The van der Waals surface area contributed by atoms with E-state index in [0.717, 1.165) is 43.6 Å². The molecular weight excluding hydrogens is 455 g/mol. The van der Waals surface area contributed by atoms with Crippen LogP contribution < -0.4 is 5.32 Å². The molecular formula is C27H22ClFN2OS. The standard InChI is InChI=1S/C27H22ClFN2OS/c1-3-21(22-11-10-20(29)15-23(22)28)27(19-9-12-25-24(14-19)31-16-33-25)18-7-4-17(5-8-18)6-13-26(32)30-2/h4-16H,3H2,1-2H3,(H,30,32). The number of amides is 1. The molecule has 0 radical (unpaired) electrons. The first-order valence-electron chi connectivity index (χ1n) is 10.5. The number of aromatic nitrogens is 1. The summed E-state index contributed by atoms with van der Waals surface area (Å²) in [6.45, 7) is 2.07. The zero-order valence-electron chi connectivity index (χ0n) is 18.2. The lowest BCUT2D eigenvalue weighted by molar-refractivity contribution is -0.115. The molecule has 6 heteroatoms. The zero-order valence-corrected chi connectivity index (χ0v) is 19.8. The third-order valence-corrected chi connectivity index (χ3v) is 6.53. The van der Waals surface area contributed by atoms with Crippen molar-refractivity contribution in [1.29, 1.82) is 0 Å². The van der Waals surface area contributed by atoms with Gasteiger partial charge in [0, 0.05) is 13.1 Å². The maximum absolute atomic E-state index is 13.8. The van der Waals surface area contributed by atoms with E-state index in [0.29, 0.717) is 11.4 Å². The van der Waals surface area contributed by atoms with Gasteiger partial charge in [0.25, 0.3) is 0 Å². The first-order valence-corrected chi connectivity index (χ1v) is 11.8. The van der Waals surface area contributed by atoms with Gasteiger partial charge in [0.1, 0.15) is 5.82 Å². The van der Waals surface area contributed by atoms with E-state index in [1.165, 1.54) is 18.2 Å². The number of nitrogens with zero attached hydrogens (tertiary/aromatic N) is 1. The lowest BCUT2D eigenvalue weighted by Crippen LogP contribution is -2.13. The minimum Gasteiger partial charge on any atom is -0.356 e. The van der Waals surface area contributed by atoms with Crippen LogP contribution in [0.3, 0.4) is 0 Å². The van der Waals surface area contributed by atoms with Crippen LogP contribution >= 0.6 is 22.9 Å². The Morgan fingerprint density at radius 2 is 1.85 bits per heavy atom. The fraction of sp³-hybridized carbons (Fsp3) is 0.111. The van der Waals surface area contributed by atoms with Crippen molar-refractivity contribution < 1.29 is 9.18 Å². The normalized spacial score (nSPS) is 12.2. The number of benzene rings is 3. The molecule has 0 atom stereocenters. The summed E-state index contributed by atoms with van der Waals surface area (Å²) >= 11 is 8.08. The quantitative estimate of drug-likeness (QED) is 0.236. The van der Waals surface area contributed by atoms with E-state index in [-0.39, 0.29) is 11.7 Å². The predicted octanol–water partition coefficient (Wildman–Crippen LogP) is 7.22. The Balaban J connectivity index is 1.90. The van der Waals surface area contributed by atoms with Crippen molar-refractivity contribution >= 4 is 56.3 Å². The highest BCUT2D eigenvalue weighted by Crippen LogP contribution is 2.38. The van der Waals surface area contributed by atoms with Crippen LogP contribution in [0.1, 0.15) is 35.6 Å². The van der Waals surface area contributed by atoms with Crippen molar-refractivity contribution in [3.63, 3.8) is 0 Å². The van der Waals surface area contributed by atoms with E-state index in [2.05, 4.69) is 35.4 Å². The Hall–Kier alpha value is -3.28. The van der Waals surface area contributed by atoms with Gasteiger partial charge in [-0.3, -0.25) is 4.79 Å². The van der Waals surface area contributed by atoms with Gasteiger partial charge in [-0.25, -0.2) is 9.37 Å². The van der Waals surface area contributed by atoms with Crippen LogP contribution in [0.15, 0.2) is 72.3 Å². The molecule has 166 valence electrons. The van der Waals surface area contributed by atoms with Gasteiger partial charge in [0.15, 0.2) is 0 Å². The van der Waals surface area contributed by atoms with Crippen LogP contribution in [0.5, 0.6) is 0 Å². The minimum atomic E-state index is -0.364. The molecule has 3 aromatic carbocycles. The van der Waals surface area contributed by atoms with E-state index in [9.17, 15) is 9.18 Å². The average Bonchev–Trinajstić information content (AvgIpc) is 3.30. The molecule has 3 nitrogen and oxygen atoms in total. The number of rotatable bonds is 6. The number of nitrogens with one attached hydrogen (secondary N) is 1. The molecule has 1 N–H and O–H groups in total. The summed E-state index contributed by atoms with van der Waals surface area (Å²) in [7, 11) is 1.60. The van der Waals surface area contributed by atoms with Crippen molar-refractivity contribution in [3.8, 4) is 0 Å². The Kier molecular flexibility index (Phi) is 7.02. The number of halogens is 2. The Morgan fingerprint density at radius 3 is 2.55 bits per heavy atom. The number of hydrogen-bond donors (Lipinski definition) is 1. The molecule has 4 aromatic rings. The number of fused-ring (bicyclic) bond motifs is 1. The first kappa shape index (κ1) is 22.9. The molecule has 1 aromatic heterocycles. The highest BCUT2D eigenvalue weighted by molar-refractivity contribution is 7.16. The molecule has 4 rings (SSSR count). The second-order valence-corrected chi connectivity index (χ2v) is 8.73. The van der Waals surface area contributed by atoms with Gasteiger partial charge in [-0.2, -0.15) is 0 Å². The number of hydrogen-bond acceptors (Lipinski definition) is 3. The molecule has 0 saturated carbocycles. The third-order valence-electron chi connectivity index (χ3n) is 5.40. The molecule has 0 bridgehead atoms. The lowest BCUT2D eigenvalue weighted by atomic mass is 9.87. The van der Waals surface area contributed by atoms with Crippen LogP contribution in [-0.4, -0.2) is 17.9 Å². The van der Waals surface area contributed by atoms with Crippen LogP contribution in [-0.2, 0) is 4.79 Å². The van der Waals surface area contributed by atoms with Crippen molar-refractivity contribution in [3.05, 3.63) is 105 Å². The van der Waals surface area contributed by atoms with Gasteiger partial charge in [0.05, 0.1) is 20.7 Å². The molecule has 33 heavy (non-hydrogen) atoms. The van der Waals surface area contributed by atoms with Crippen LogP contribution in [0.2, 0.25) is 5.02 Å². The molecule has 0 unspecified atom stereocenters. The maximum Gasteiger partial charge on any atom is 0.243 e. The van der Waals surface area contributed by atoms with Gasteiger partial charge in [0.2, 0.25) is 5.91 Å². The lowest BCUT2D eigenvalue weighted by Gasteiger charge is -2.17. The molecule has 0 aliphatic heterocycles. The second kappa shape index (κ2) is 10.1. The van der Waals surface area contributed by atoms with Crippen molar-refractivity contribution in [2.75, 3.05) is 7.05 Å². The second-order valence-electron chi connectivity index (χ2n) is 7.44. The van der Waals surface area contributed by atoms with Crippen LogP contribution in [0, 0.1) is 5.82 Å². The first-order chi connectivity index (χ1) is 16.0. The number of thiazole rings is 1. The van der Waals surface area contributed by atoms with Gasteiger partial charge < -0.3 is 5.32 Å². The van der Waals surface area contributed by atoms with E-state index in [1.54, 1.807) is 30.5 Å². The van der Waals surface area contributed by atoms with Gasteiger partial charge in [-0.05, 0) is 70.2 Å². The van der Waals surface area contributed by atoms with Gasteiger partial charge >= 0.3 is 0 Å². The van der Waals surface area contributed by atoms with E-state index in [1.807, 2.05) is 29.8 Å². The van der Waals surface area contributed by atoms with Gasteiger partial charge in [-0.15, -0.1) is 11.3 Å². The monoisotopic (exact) mass is 476 g/mol. The fourth-order valence-corrected chi connectivity index (χ4v) is 4.72. The number of carbonyl (C=O) groups excluding carboxylic acids is 1. The van der Waals surface area contributed by atoms with Gasteiger partial charge in [-0.1, -0.05) is 54.9 Å².